The van der Waals surface area contributed by atoms with Crippen molar-refractivity contribution in [2.45, 2.75) is 19.9 Å². The lowest BCUT2D eigenvalue weighted by Gasteiger charge is -2.09. The molecular formula is C20H20BF4N. The molecule has 0 aliphatic carbocycles. The van der Waals surface area contributed by atoms with Crippen LogP contribution in [0, 0.1) is 0 Å². The molecular weight excluding hydrogens is 341 g/mol. The molecule has 3 aromatic rings. The number of halogens is 4. The number of rotatable bonds is 3. The first-order valence-electron chi connectivity index (χ1n) is 8.29. The lowest BCUT2D eigenvalue weighted by atomic mass is 10.0. The Hall–Kier alpha value is -2.63. The van der Waals surface area contributed by atoms with Gasteiger partial charge in [0.25, 0.3) is 0 Å². The van der Waals surface area contributed by atoms with Gasteiger partial charge in [-0.25, -0.2) is 0 Å². The van der Waals surface area contributed by atoms with E-state index in [9.17, 15) is 17.3 Å². The second-order valence-electron chi connectivity index (χ2n) is 6.03. The van der Waals surface area contributed by atoms with Crippen molar-refractivity contribution in [3.8, 4) is 22.4 Å². The summed E-state index contributed by atoms with van der Waals surface area (Å²) in [5.41, 5.74) is 5.02. The molecule has 2 aromatic carbocycles. The molecule has 0 N–H and O–H groups in total. The molecule has 0 bridgehead atoms. The third kappa shape index (κ3) is 6.03. The summed E-state index contributed by atoms with van der Waals surface area (Å²) in [4.78, 5) is 0. The molecule has 26 heavy (non-hydrogen) atoms. The highest BCUT2D eigenvalue weighted by Crippen LogP contribution is 2.24. The highest BCUT2D eigenvalue weighted by molar-refractivity contribution is 6.50. The summed E-state index contributed by atoms with van der Waals surface area (Å²) in [6.07, 6.45) is 2.19. The van der Waals surface area contributed by atoms with Gasteiger partial charge in [-0.3, -0.25) is 0 Å². The molecule has 1 heterocycles. The molecule has 0 unspecified atom stereocenters. The van der Waals surface area contributed by atoms with Crippen molar-refractivity contribution in [1.29, 1.82) is 0 Å². The fourth-order valence-electron chi connectivity index (χ4n) is 2.61. The van der Waals surface area contributed by atoms with Gasteiger partial charge in [-0.1, -0.05) is 48.5 Å². The standard InChI is InChI=1S/C20H20N.BF4/c1-16(2)21-14-13-19(17-9-5-3-6-10-17)15-20(21)18-11-7-4-8-12-18;2-1(3,4)5/h3-16H,1-2H3;/q+1;-1. The van der Waals surface area contributed by atoms with Gasteiger partial charge in [0.15, 0.2) is 12.2 Å². The van der Waals surface area contributed by atoms with E-state index in [1.807, 2.05) is 0 Å². The summed E-state index contributed by atoms with van der Waals surface area (Å²) >= 11 is 0. The van der Waals surface area contributed by atoms with Gasteiger partial charge >= 0.3 is 7.25 Å². The molecule has 0 fully saturated rings. The van der Waals surface area contributed by atoms with Gasteiger partial charge in [-0.2, -0.15) is 4.57 Å². The summed E-state index contributed by atoms with van der Waals surface area (Å²) in [5.74, 6) is 0. The minimum atomic E-state index is -6.00. The maximum Gasteiger partial charge on any atom is 0.673 e. The van der Waals surface area contributed by atoms with Crippen LogP contribution in [0.1, 0.15) is 19.9 Å². The van der Waals surface area contributed by atoms with Crippen molar-refractivity contribution in [3.63, 3.8) is 0 Å². The van der Waals surface area contributed by atoms with Gasteiger partial charge in [0, 0.05) is 17.7 Å². The third-order valence-electron chi connectivity index (χ3n) is 3.72. The number of pyridine rings is 1. The van der Waals surface area contributed by atoms with Crippen LogP contribution in [0.25, 0.3) is 22.4 Å². The Bertz CT molecular complexity index is 812. The largest absolute Gasteiger partial charge is 0.673 e. The average Bonchev–Trinajstić information content (AvgIpc) is 2.61. The predicted octanol–water partition coefficient (Wildman–Crippen LogP) is 6.19. The molecule has 0 saturated heterocycles. The first kappa shape index (κ1) is 19.7. The Balaban J connectivity index is 0.000000431. The molecule has 0 saturated carbocycles. The summed E-state index contributed by atoms with van der Waals surface area (Å²) in [6, 6.07) is 26.0. The molecule has 3 rings (SSSR count). The van der Waals surface area contributed by atoms with Crippen LogP contribution in [-0.4, -0.2) is 7.25 Å². The number of aromatic nitrogens is 1. The van der Waals surface area contributed by atoms with Gasteiger partial charge in [-0.05, 0) is 37.1 Å². The lowest BCUT2D eigenvalue weighted by Crippen LogP contribution is -2.38. The Morgan fingerprint density at radius 1 is 0.692 bits per heavy atom. The van der Waals surface area contributed by atoms with E-state index < -0.39 is 7.25 Å². The fraction of sp³-hybridized carbons (Fsp3) is 0.150. The minimum Gasteiger partial charge on any atom is -0.418 e. The molecule has 1 aromatic heterocycles. The van der Waals surface area contributed by atoms with Gasteiger partial charge in [0.1, 0.15) is 0 Å². The minimum absolute atomic E-state index is 0.435. The van der Waals surface area contributed by atoms with Gasteiger partial charge in [0.05, 0.1) is 0 Å². The van der Waals surface area contributed by atoms with Crippen LogP contribution in [-0.2, 0) is 0 Å². The van der Waals surface area contributed by atoms with E-state index in [2.05, 4.69) is 97.4 Å². The van der Waals surface area contributed by atoms with Gasteiger partial charge in [-0.15, -0.1) is 0 Å². The molecule has 1 nitrogen and oxygen atoms in total. The highest BCUT2D eigenvalue weighted by Gasteiger charge is 2.20. The van der Waals surface area contributed by atoms with Gasteiger partial charge in [0.2, 0.25) is 5.69 Å². The Labute approximate surface area is 151 Å². The van der Waals surface area contributed by atoms with Crippen LogP contribution in [0.5, 0.6) is 0 Å². The van der Waals surface area contributed by atoms with Crippen LogP contribution in [0.4, 0.5) is 17.3 Å². The van der Waals surface area contributed by atoms with Crippen molar-refractivity contribution < 1.29 is 21.8 Å². The van der Waals surface area contributed by atoms with E-state index in [4.69, 9.17) is 0 Å². The Morgan fingerprint density at radius 3 is 1.62 bits per heavy atom. The van der Waals surface area contributed by atoms with Crippen LogP contribution >= 0.6 is 0 Å². The normalized spacial score (nSPS) is 11.0. The van der Waals surface area contributed by atoms with E-state index in [1.54, 1.807) is 0 Å². The smallest absolute Gasteiger partial charge is 0.418 e. The second-order valence-corrected chi connectivity index (χ2v) is 6.03. The number of nitrogens with zero attached hydrogens (tertiary/aromatic N) is 1. The molecule has 136 valence electrons. The SMILES string of the molecule is CC(C)[n+]1ccc(-c2ccccc2)cc1-c1ccccc1.F[B-](F)(F)F. The monoisotopic (exact) mass is 361 g/mol. The van der Waals surface area contributed by atoms with E-state index in [0.29, 0.717) is 6.04 Å². The van der Waals surface area contributed by atoms with Crippen molar-refractivity contribution >= 4 is 7.25 Å². The first-order chi connectivity index (χ1) is 12.3. The molecule has 0 spiro atoms. The zero-order valence-corrected chi connectivity index (χ0v) is 14.6. The van der Waals surface area contributed by atoms with Crippen LogP contribution in [0.3, 0.4) is 0 Å². The Morgan fingerprint density at radius 2 is 1.15 bits per heavy atom. The molecule has 6 heteroatoms. The molecule has 0 aliphatic heterocycles. The summed E-state index contributed by atoms with van der Waals surface area (Å²) < 4.78 is 41.3. The van der Waals surface area contributed by atoms with E-state index in [0.717, 1.165) is 0 Å². The zero-order valence-electron chi connectivity index (χ0n) is 14.6. The van der Waals surface area contributed by atoms with Crippen LogP contribution in [0.2, 0.25) is 0 Å². The van der Waals surface area contributed by atoms with Crippen molar-refractivity contribution in [2.24, 2.45) is 0 Å². The fourth-order valence-corrected chi connectivity index (χ4v) is 2.61. The van der Waals surface area contributed by atoms with E-state index in [-0.39, 0.29) is 0 Å². The molecule has 0 aliphatic rings. The summed E-state index contributed by atoms with van der Waals surface area (Å²) in [7, 11) is -6.00. The average molecular weight is 361 g/mol. The summed E-state index contributed by atoms with van der Waals surface area (Å²) in [5, 5.41) is 0. The van der Waals surface area contributed by atoms with Crippen LogP contribution in [0.15, 0.2) is 79.0 Å². The maximum atomic E-state index is 9.75. The van der Waals surface area contributed by atoms with Crippen LogP contribution < -0.4 is 4.57 Å². The first-order valence-corrected chi connectivity index (χ1v) is 8.29. The second kappa shape index (κ2) is 8.65. The van der Waals surface area contributed by atoms with E-state index in [1.165, 1.54) is 22.4 Å². The maximum absolute atomic E-state index is 9.75. The lowest BCUT2D eigenvalue weighted by molar-refractivity contribution is -0.705. The number of benzene rings is 2. The number of hydrogen-bond donors (Lipinski definition) is 0. The third-order valence-corrected chi connectivity index (χ3v) is 3.72. The predicted molar refractivity (Wildman–Crippen MR) is 98.1 cm³/mol. The molecule has 0 amide bonds. The van der Waals surface area contributed by atoms with Crippen molar-refractivity contribution in [3.05, 3.63) is 79.0 Å². The Kier molecular flexibility index (Phi) is 6.55. The van der Waals surface area contributed by atoms with Crippen molar-refractivity contribution in [2.75, 3.05) is 0 Å². The summed E-state index contributed by atoms with van der Waals surface area (Å²) in [6.45, 7) is 4.43. The molecule has 0 atom stereocenters. The van der Waals surface area contributed by atoms with Crippen molar-refractivity contribution in [1.82, 2.24) is 0 Å². The van der Waals surface area contributed by atoms with Gasteiger partial charge < -0.3 is 17.3 Å². The number of hydrogen-bond acceptors (Lipinski definition) is 0. The zero-order chi connectivity index (χ0) is 19.2. The topological polar surface area (TPSA) is 3.88 Å². The van der Waals surface area contributed by atoms with E-state index >= 15 is 0 Å². The molecule has 0 radical (unpaired) electrons. The highest BCUT2D eigenvalue weighted by atomic mass is 19.5. The quantitative estimate of drug-likeness (QED) is 0.298.